The molecule has 2 unspecified atom stereocenters. The second kappa shape index (κ2) is 5.75. The van der Waals surface area contributed by atoms with Crippen LogP contribution in [0.2, 0.25) is 0 Å². The first kappa shape index (κ1) is 13.6. The van der Waals surface area contributed by atoms with Gasteiger partial charge in [0.15, 0.2) is 0 Å². The Bertz CT molecular complexity index is 527. The second-order valence-corrected chi connectivity index (χ2v) is 5.96. The number of benzene rings is 1. The largest absolute Gasteiger partial charge is 0.398 e. The second-order valence-electron chi connectivity index (χ2n) is 3.27. The van der Waals surface area contributed by atoms with E-state index < -0.39 is 21.6 Å². The number of allylic oxidation sites excluding steroid dienone is 1. The van der Waals surface area contributed by atoms with Crippen molar-refractivity contribution in [3.05, 3.63) is 29.8 Å². The summed E-state index contributed by atoms with van der Waals surface area (Å²) < 4.78 is 23.2. The first-order chi connectivity index (χ1) is 7.99. The van der Waals surface area contributed by atoms with E-state index in [1.807, 2.05) is 6.07 Å². The Kier molecular flexibility index (Phi) is 4.61. The van der Waals surface area contributed by atoms with Crippen molar-refractivity contribution in [3.8, 4) is 6.07 Å². The van der Waals surface area contributed by atoms with E-state index in [0.717, 1.165) is 6.08 Å². The Morgan fingerprint density at radius 1 is 1.29 bits per heavy atom. The smallest absolute Gasteiger partial charge is 0.0933 e. The van der Waals surface area contributed by atoms with Gasteiger partial charge in [-0.05, 0) is 12.1 Å². The molecule has 0 aromatic heterocycles. The van der Waals surface area contributed by atoms with Crippen LogP contribution in [0, 0.1) is 11.3 Å². The van der Waals surface area contributed by atoms with E-state index in [1.165, 1.54) is 12.5 Å². The van der Waals surface area contributed by atoms with Crippen LogP contribution in [0.1, 0.15) is 5.56 Å². The number of nitrogens with zero attached hydrogens (tertiary/aromatic N) is 1. The molecule has 0 radical (unpaired) electrons. The fourth-order valence-electron chi connectivity index (χ4n) is 1.42. The van der Waals surface area contributed by atoms with E-state index in [1.54, 1.807) is 18.2 Å². The fraction of sp³-hybridized carbons (Fsp3) is 0.182. The Morgan fingerprint density at radius 2 is 1.76 bits per heavy atom. The topological polar surface area (TPSA) is 83.9 Å². The molecule has 0 heterocycles. The lowest BCUT2D eigenvalue weighted by Gasteiger charge is -2.11. The zero-order valence-electron chi connectivity index (χ0n) is 9.47. The van der Waals surface area contributed by atoms with Crippen molar-refractivity contribution >= 4 is 27.3 Å². The quantitative estimate of drug-likeness (QED) is 0.828. The van der Waals surface area contributed by atoms with Crippen LogP contribution in [0.3, 0.4) is 0 Å². The molecule has 0 aliphatic heterocycles. The van der Waals surface area contributed by atoms with Gasteiger partial charge in [0, 0.05) is 33.9 Å². The standard InChI is InChI=1S/C11H12N2O2S2/c1-16(14)9-4-3-5-10(17(2)15)11(9)8(13)6-7-12/h3-6H,13H2,1-2H3. The number of hydrogen-bond acceptors (Lipinski definition) is 4. The fourth-order valence-corrected chi connectivity index (χ4v) is 3.05. The number of hydrogen-bond donors (Lipinski definition) is 1. The van der Waals surface area contributed by atoms with Gasteiger partial charge in [-0.2, -0.15) is 5.26 Å². The third kappa shape index (κ3) is 3.02. The highest BCUT2D eigenvalue weighted by molar-refractivity contribution is 7.85. The van der Waals surface area contributed by atoms with Gasteiger partial charge in [0.2, 0.25) is 0 Å². The third-order valence-electron chi connectivity index (χ3n) is 2.12. The van der Waals surface area contributed by atoms with Gasteiger partial charge in [-0.15, -0.1) is 0 Å². The minimum Gasteiger partial charge on any atom is -0.398 e. The molecule has 17 heavy (non-hydrogen) atoms. The van der Waals surface area contributed by atoms with Crippen molar-refractivity contribution in [2.75, 3.05) is 12.5 Å². The Labute approximate surface area is 105 Å². The Morgan fingerprint density at radius 3 is 2.12 bits per heavy atom. The van der Waals surface area contributed by atoms with Gasteiger partial charge in [0.05, 0.1) is 33.4 Å². The summed E-state index contributed by atoms with van der Waals surface area (Å²) in [5.74, 6) is 0. The molecule has 0 saturated heterocycles. The number of rotatable bonds is 3. The van der Waals surface area contributed by atoms with Crippen LogP contribution >= 0.6 is 0 Å². The van der Waals surface area contributed by atoms with Gasteiger partial charge in [-0.1, -0.05) is 6.07 Å². The molecule has 1 aromatic rings. The van der Waals surface area contributed by atoms with Gasteiger partial charge in [-0.25, -0.2) is 0 Å². The van der Waals surface area contributed by atoms with E-state index in [9.17, 15) is 8.42 Å². The first-order valence-electron chi connectivity index (χ1n) is 4.64. The molecule has 0 amide bonds. The Hall–Kier alpha value is -1.45. The summed E-state index contributed by atoms with van der Waals surface area (Å²) in [6.45, 7) is 0. The van der Waals surface area contributed by atoms with E-state index in [-0.39, 0.29) is 5.70 Å². The molecule has 0 aliphatic rings. The summed E-state index contributed by atoms with van der Waals surface area (Å²) in [6.07, 6.45) is 4.18. The summed E-state index contributed by atoms with van der Waals surface area (Å²) in [7, 11) is -2.51. The molecule has 0 saturated carbocycles. The molecule has 1 aromatic carbocycles. The molecule has 0 spiro atoms. The van der Waals surface area contributed by atoms with Gasteiger partial charge in [-0.3, -0.25) is 8.42 Å². The van der Waals surface area contributed by atoms with Gasteiger partial charge in [0.25, 0.3) is 0 Å². The van der Waals surface area contributed by atoms with Crippen LogP contribution in [0.5, 0.6) is 0 Å². The van der Waals surface area contributed by atoms with Crippen molar-refractivity contribution in [1.29, 1.82) is 5.26 Å². The highest BCUT2D eigenvalue weighted by Crippen LogP contribution is 2.25. The van der Waals surface area contributed by atoms with E-state index in [0.29, 0.717) is 15.4 Å². The lowest BCUT2D eigenvalue weighted by Crippen LogP contribution is -2.07. The van der Waals surface area contributed by atoms with Crippen molar-refractivity contribution in [3.63, 3.8) is 0 Å². The highest BCUT2D eigenvalue weighted by atomic mass is 32.2. The third-order valence-corrected chi connectivity index (χ3v) is 4.04. The van der Waals surface area contributed by atoms with Crippen LogP contribution in [0.25, 0.3) is 5.70 Å². The SMILES string of the molecule is CS(=O)c1cccc(S(C)=O)c1C(N)=CC#N. The maximum Gasteiger partial charge on any atom is 0.0933 e. The zero-order valence-corrected chi connectivity index (χ0v) is 11.1. The molecular formula is C11H12N2O2S2. The van der Waals surface area contributed by atoms with Crippen LogP contribution < -0.4 is 5.73 Å². The first-order valence-corrected chi connectivity index (χ1v) is 7.76. The molecule has 6 heteroatoms. The lowest BCUT2D eigenvalue weighted by molar-refractivity contribution is 0.685. The molecule has 2 N–H and O–H groups in total. The van der Waals surface area contributed by atoms with E-state index in [4.69, 9.17) is 11.0 Å². The van der Waals surface area contributed by atoms with Crippen molar-refractivity contribution in [2.45, 2.75) is 9.79 Å². The zero-order chi connectivity index (χ0) is 13.0. The molecule has 4 nitrogen and oxygen atoms in total. The van der Waals surface area contributed by atoms with Gasteiger partial charge >= 0.3 is 0 Å². The minimum atomic E-state index is -1.26. The molecule has 0 bridgehead atoms. The summed E-state index contributed by atoms with van der Waals surface area (Å²) >= 11 is 0. The minimum absolute atomic E-state index is 0.184. The van der Waals surface area contributed by atoms with E-state index in [2.05, 4.69) is 0 Å². The van der Waals surface area contributed by atoms with Crippen molar-refractivity contribution in [2.24, 2.45) is 5.73 Å². The molecule has 0 fully saturated rings. The number of nitriles is 1. The van der Waals surface area contributed by atoms with Crippen LogP contribution in [-0.2, 0) is 21.6 Å². The molecule has 1 rings (SSSR count). The number of nitrogens with two attached hydrogens (primary N) is 1. The highest BCUT2D eigenvalue weighted by Gasteiger charge is 2.15. The van der Waals surface area contributed by atoms with Crippen LogP contribution in [-0.4, -0.2) is 20.9 Å². The van der Waals surface area contributed by atoms with Crippen molar-refractivity contribution < 1.29 is 8.42 Å². The van der Waals surface area contributed by atoms with Crippen LogP contribution in [0.15, 0.2) is 34.1 Å². The molecular weight excluding hydrogens is 256 g/mol. The normalized spacial score (nSPS) is 15.0. The average molecular weight is 268 g/mol. The van der Waals surface area contributed by atoms with Crippen molar-refractivity contribution in [1.82, 2.24) is 0 Å². The Balaban J connectivity index is 3.62. The molecule has 90 valence electrons. The summed E-state index contributed by atoms with van der Waals surface area (Å²) in [5.41, 5.74) is 6.38. The molecule has 0 aliphatic carbocycles. The van der Waals surface area contributed by atoms with Gasteiger partial charge < -0.3 is 5.73 Å². The predicted octanol–water partition coefficient (Wildman–Crippen LogP) is 0.985. The maximum atomic E-state index is 11.6. The maximum absolute atomic E-state index is 11.6. The summed E-state index contributed by atoms with van der Waals surface area (Å²) in [5, 5.41) is 8.60. The van der Waals surface area contributed by atoms with Crippen LogP contribution in [0.4, 0.5) is 0 Å². The summed E-state index contributed by atoms with van der Waals surface area (Å²) in [6, 6.07) is 6.80. The van der Waals surface area contributed by atoms with E-state index >= 15 is 0 Å². The monoisotopic (exact) mass is 268 g/mol. The molecule has 2 atom stereocenters. The lowest BCUT2D eigenvalue weighted by atomic mass is 10.1. The average Bonchev–Trinajstić information content (AvgIpc) is 2.28. The predicted molar refractivity (Wildman–Crippen MR) is 68.9 cm³/mol. The van der Waals surface area contributed by atoms with Gasteiger partial charge in [0.1, 0.15) is 0 Å². The summed E-state index contributed by atoms with van der Waals surface area (Å²) in [4.78, 5) is 0.975.